The molecular formula is C44H28BN. The van der Waals surface area contributed by atoms with Crippen LogP contribution in [-0.4, -0.2) is 11.3 Å². The van der Waals surface area contributed by atoms with Gasteiger partial charge in [0, 0.05) is 27.5 Å². The Bertz CT molecular complexity index is 2500. The fourth-order valence-electron chi connectivity index (χ4n) is 9.55. The Morgan fingerprint density at radius 3 is 1.80 bits per heavy atom. The molecular weight excluding hydrogens is 553 g/mol. The van der Waals surface area contributed by atoms with Gasteiger partial charge >= 0.3 is 0 Å². The maximum absolute atomic E-state index is 2.64. The van der Waals surface area contributed by atoms with E-state index >= 15 is 0 Å². The van der Waals surface area contributed by atoms with Crippen LogP contribution in [0.5, 0.6) is 0 Å². The lowest BCUT2D eigenvalue weighted by molar-refractivity contribution is 0.748. The number of para-hydroxylation sites is 1. The van der Waals surface area contributed by atoms with Gasteiger partial charge in [-0.1, -0.05) is 157 Å². The maximum atomic E-state index is 2.64. The summed E-state index contributed by atoms with van der Waals surface area (Å²) in [6, 6.07) is 59.3. The highest BCUT2D eigenvalue weighted by Crippen LogP contribution is 2.49. The largest absolute Gasteiger partial charge is 0.310 e. The predicted molar refractivity (Wildman–Crippen MR) is 192 cm³/mol. The van der Waals surface area contributed by atoms with Crippen LogP contribution in [0.15, 0.2) is 158 Å². The third kappa shape index (κ3) is 2.85. The monoisotopic (exact) mass is 581 g/mol. The van der Waals surface area contributed by atoms with E-state index in [2.05, 4.69) is 162 Å². The second-order valence-electron chi connectivity index (χ2n) is 13.1. The molecule has 3 aliphatic rings. The van der Waals surface area contributed by atoms with Gasteiger partial charge in [0.1, 0.15) is 0 Å². The highest BCUT2D eigenvalue weighted by molar-refractivity contribution is 7.00. The van der Waals surface area contributed by atoms with E-state index < -0.39 is 5.41 Å². The molecule has 8 aromatic rings. The quantitative estimate of drug-likeness (QED) is 0.187. The number of aromatic nitrogens is 1. The molecule has 0 saturated heterocycles. The van der Waals surface area contributed by atoms with Gasteiger partial charge in [-0.2, -0.15) is 0 Å². The average molecular weight is 582 g/mol. The van der Waals surface area contributed by atoms with Gasteiger partial charge in [-0.05, 0) is 62.4 Å². The molecule has 7 aromatic carbocycles. The molecule has 2 heteroatoms. The summed E-state index contributed by atoms with van der Waals surface area (Å²) in [7, 11) is 0. The zero-order valence-electron chi connectivity index (χ0n) is 25.2. The van der Waals surface area contributed by atoms with Crippen molar-refractivity contribution in [2.45, 2.75) is 11.8 Å². The van der Waals surface area contributed by atoms with Crippen molar-refractivity contribution in [3.63, 3.8) is 0 Å². The Kier molecular flexibility index (Phi) is 4.71. The molecule has 11 rings (SSSR count). The van der Waals surface area contributed by atoms with Gasteiger partial charge in [0.2, 0.25) is 6.71 Å². The van der Waals surface area contributed by atoms with Crippen LogP contribution in [0.2, 0.25) is 0 Å². The smallest absolute Gasteiger partial charge is 0.248 e. The van der Waals surface area contributed by atoms with Crippen LogP contribution in [0, 0.1) is 0 Å². The molecule has 0 aliphatic carbocycles. The van der Waals surface area contributed by atoms with Gasteiger partial charge in [0.15, 0.2) is 0 Å². The SMILES string of the molecule is c1ccc(-c2cccc3c4ccc5c6c4n(c23)-c2cccc3c2B6c2c(cccc2C3(c2ccccc2)c2ccccc2)C5)cc1. The predicted octanol–water partition coefficient (Wildman–Crippen LogP) is 7.88. The molecule has 0 atom stereocenters. The van der Waals surface area contributed by atoms with Crippen molar-refractivity contribution in [3.8, 4) is 16.8 Å². The fourth-order valence-corrected chi connectivity index (χ4v) is 9.55. The van der Waals surface area contributed by atoms with Crippen LogP contribution < -0.4 is 16.4 Å². The lowest BCUT2D eigenvalue weighted by atomic mass is 9.27. The first kappa shape index (κ1) is 24.7. The normalized spacial score (nSPS) is 14.6. The van der Waals surface area contributed by atoms with Crippen molar-refractivity contribution in [1.82, 2.24) is 4.57 Å². The van der Waals surface area contributed by atoms with Crippen molar-refractivity contribution >= 4 is 44.9 Å². The van der Waals surface area contributed by atoms with Crippen molar-refractivity contribution in [1.29, 1.82) is 0 Å². The highest BCUT2D eigenvalue weighted by Gasteiger charge is 2.52. The van der Waals surface area contributed by atoms with Crippen LogP contribution in [-0.2, 0) is 11.8 Å². The van der Waals surface area contributed by atoms with Gasteiger partial charge < -0.3 is 4.57 Å². The van der Waals surface area contributed by atoms with Crippen LogP contribution in [0.4, 0.5) is 0 Å². The Hall–Kier alpha value is -5.60. The van der Waals surface area contributed by atoms with Crippen LogP contribution in [0.25, 0.3) is 38.6 Å². The summed E-state index contributed by atoms with van der Waals surface area (Å²) in [5, 5.41) is 2.68. The minimum absolute atomic E-state index is 0.197. The van der Waals surface area contributed by atoms with Gasteiger partial charge in [0.25, 0.3) is 0 Å². The molecule has 0 radical (unpaired) electrons. The van der Waals surface area contributed by atoms with E-state index in [1.165, 1.54) is 88.4 Å². The lowest BCUT2D eigenvalue weighted by Gasteiger charge is -2.48. The Labute approximate surface area is 268 Å². The van der Waals surface area contributed by atoms with E-state index in [4.69, 9.17) is 0 Å². The zero-order chi connectivity index (χ0) is 30.0. The summed E-state index contributed by atoms with van der Waals surface area (Å²) in [5.41, 5.74) is 18.9. The van der Waals surface area contributed by atoms with E-state index in [1.807, 2.05) is 0 Å². The Balaban J connectivity index is 1.38. The first-order chi connectivity index (χ1) is 22.9. The molecule has 0 fully saturated rings. The van der Waals surface area contributed by atoms with Gasteiger partial charge in [-0.3, -0.25) is 0 Å². The van der Waals surface area contributed by atoms with Gasteiger partial charge in [-0.15, -0.1) is 0 Å². The number of rotatable bonds is 3. The second-order valence-corrected chi connectivity index (χ2v) is 13.1. The van der Waals surface area contributed by atoms with Crippen molar-refractivity contribution in [2.75, 3.05) is 0 Å². The minimum Gasteiger partial charge on any atom is -0.310 e. The number of benzene rings is 7. The summed E-state index contributed by atoms with van der Waals surface area (Å²) in [6.07, 6.45) is 0.954. The molecule has 0 N–H and O–H groups in total. The third-order valence-corrected chi connectivity index (χ3v) is 11.2. The molecule has 0 saturated carbocycles. The standard InChI is InChI=1S/C44H28BN/c1-4-13-28(14-5-1)33-20-11-21-34-35-26-25-30-27-29-15-10-22-36-39(29)45-40(30)43(35)46(42(33)34)38-24-12-23-37(41(38)45)44(36,31-16-6-2-7-17-31)32-18-8-3-9-19-32/h1-26H,27H2. The molecule has 1 nitrogen and oxygen atoms in total. The zero-order valence-corrected chi connectivity index (χ0v) is 25.2. The number of fused-ring (bicyclic) bond motifs is 4. The van der Waals surface area contributed by atoms with Crippen molar-refractivity contribution in [3.05, 3.63) is 191 Å². The maximum Gasteiger partial charge on any atom is 0.248 e. The fraction of sp³-hybridized carbons (Fsp3) is 0.0455. The van der Waals surface area contributed by atoms with Crippen LogP contribution in [0.1, 0.15) is 33.4 Å². The molecule has 212 valence electrons. The van der Waals surface area contributed by atoms with Gasteiger partial charge in [0.05, 0.1) is 10.9 Å². The van der Waals surface area contributed by atoms with Crippen LogP contribution in [0.3, 0.4) is 0 Å². The number of nitrogens with zero attached hydrogens (tertiary/aromatic N) is 1. The van der Waals surface area contributed by atoms with Crippen LogP contribution >= 0.6 is 0 Å². The second kappa shape index (κ2) is 8.77. The molecule has 3 aliphatic heterocycles. The molecule has 0 amide bonds. The summed E-state index contributed by atoms with van der Waals surface area (Å²) < 4.78 is 2.64. The Morgan fingerprint density at radius 1 is 0.457 bits per heavy atom. The summed E-state index contributed by atoms with van der Waals surface area (Å²) in [4.78, 5) is 0. The Morgan fingerprint density at radius 2 is 1.07 bits per heavy atom. The first-order valence-electron chi connectivity index (χ1n) is 16.4. The van der Waals surface area contributed by atoms with E-state index in [0.29, 0.717) is 0 Å². The topological polar surface area (TPSA) is 4.93 Å². The molecule has 4 heterocycles. The summed E-state index contributed by atoms with van der Waals surface area (Å²) in [6.45, 7) is 0.197. The van der Waals surface area contributed by atoms with E-state index in [0.717, 1.165) is 6.42 Å². The first-order valence-corrected chi connectivity index (χ1v) is 16.4. The van der Waals surface area contributed by atoms with E-state index in [1.54, 1.807) is 0 Å². The lowest BCUT2D eigenvalue weighted by Crippen LogP contribution is -2.67. The van der Waals surface area contributed by atoms with Gasteiger partial charge in [-0.25, -0.2) is 0 Å². The van der Waals surface area contributed by atoms with Crippen molar-refractivity contribution in [2.24, 2.45) is 0 Å². The minimum atomic E-state index is -0.441. The van der Waals surface area contributed by atoms with E-state index in [-0.39, 0.29) is 6.71 Å². The summed E-state index contributed by atoms with van der Waals surface area (Å²) in [5.74, 6) is 0. The van der Waals surface area contributed by atoms with Crippen molar-refractivity contribution < 1.29 is 0 Å². The summed E-state index contributed by atoms with van der Waals surface area (Å²) >= 11 is 0. The number of hydrogen-bond acceptors (Lipinski definition) is 0. The third-order valence-electron chi connectivity index (χ3n) is 11.2. The molecule has 0 bridgehead atoms. The molecule has 0 spiro atoms. The highest BCUT2D eigenvalue weighted by atomic mass is 15.0. The molecule has 0 unspecified atom stereocenters. The average Bonchev–Trinajstić information content (AvgIpc) is 3.48. The molecule has 1 aromatic heterocycles. The van der Waals surface area contributed by atoms with E-state index in [9.17, 15) is 0 Å². The number of hydrogen-bond donors (Lipinski definition) is 0. The molecule has 46 heavy (non-hydrogen) atoms.